The summed E-state index contributed by atoms with van der Waals surface area (Å²) in [5.41, 5.74) is -0.306. The molecular weight excluding hydrogens is 539 g/mol. The van der Waals surface area contributed by atoms with Crippen molar-refractivity contribution in [2.45, 2.75) is 67.9 Å². The number of thioether (sulfide) groups is 1. The molecule has 3 aromatic carbocycles. The number of aliphatic carboxylic acids is 1. The van der Waals surface area contributed by atoms with Crippen molar-refractivity contribution in [1.82, 2.24) is 5.32 Å². The van der Waals surface area contributed by atoms with Crippen molar-refractivity contribution in [3.8, 4) is 0 Å². The van der Waals surface area contributed by atoms with Crippen LogP contribution in [0.3, 0.4) is 0 Å². The third-order valence-electron chi connectivity index (χ3n) is 6.58. The summed E-state index contributed by atoms with van der Waals surface area (Å²) in [5.74, 6) is -1.52. The van der Waals surface area contributed by atoms with Crippen LogP contribution in [0.25, 0.3) is 0 Å². The van der Waals surface area contributed by atoms with Crippen LogP contribution in [0.4, 0.5) is 13.2 Å². The number of carbonyl (C=O) groups excluding carboxylic acids is 1. The SMILES string of the molecule is CC(C)(C)c1ccc(CC(CC(O)c2ccc(SC(F)(F)F)cc2)c2ccc(C(=O)NCCC(=O)O)cc2)cc1. The highest BCUT2D eigenvalue weighted by molar-refractivity contribution is 8.00. The number of benzene rings is 3. The molecular formula is C31H34F3NO4S. The number of carboxylic acids is 1. The fraction of sp³-hybridized carbons (Fsp3) is 0.355. The van der Waals surface area contributed by atoms with Gasteiger partial charge in [-0.1, -0.05) is 69.3 Å². The first-order chi connectivity index (χ1) is 18.7. The molecule has 0 saturated heterocycles. The van der Waals surface area contributed by atoms with Crippen LogP contribution in [0.1, 0.15) is 78.2 Å². The zero-order chi connectivity index (χ0) is 29.5. The van der Waals surface area contributed by atoms with Crippen molar-refractivity contribution >= 4 is 23.6 Å². The summed E-state index contributed by atoms with van der Waals surface area (Å²) in [6.07, 6.45) is -0.166. The minimum atomic E-state index is -4.38. The van der Waals surface area contributed by atoms with Crippen LogP contribution in [0.15, 0.2) is 77.7 Å². The molecule has 5 nitrogen and oxygen atoms in total. The fourth-order valence-corrected chi connectivity index (χ4v) is 4.89. The van der Waals surface area contributed by atoms with Crippen LogP contribution in [-0.4, -0.2) is 34.1 Å². The van der Waals surface area contributed by atoms with Gasteiger partial charge in [-0.15, -0.1) is 0 Å². The number of amides is 1. The van der Waals surface area contributed by atoms with E-state index in [1.54, 1.807) is 12.1 Å². The molecule has 3 N–H and O–H groups in total. The van der Waals surface area contributed by atoms with Crippen molar-refractivity contribution in [1.29, 1.82) is 0 Å². The van der Waals surface area contributed by atoms with Gasteiger partial charge in [0.05, 0.1) is 12.5 Å². The van der Waals surface area contributed by atoms with E-state index in [4.69, 9.17) is 5.11 Å². The van der Waals surface area contributed by atoms with Gasteiger partial charge in [0.2, 0.25) is 0 Å². The highest BCUT2D eigenvalue weighted by Crippen LogP contribution is 2.38. The molecule has 0 aliphatic carbocycles. The number of alkyl halides is 3. The molecule has 9 heteroatoms. The molecule has 1 amide bonds. The molecule has 3 rings (SSSR count). The van der Waals surface area contributed by atoms with Gasteiger partial charge in [0.25, 0.3) is 5.91 Å². The van der Waals surface area contributed by atoms with Crippen LogP contribution >= 0.6 is 11.8 Å². The minimum absolute atomic E-state index is 0.00551. The van der Waals surface area contributed by atoms with Crippen LogP contribution in [-0.2, 0) is 16.6 Å². The average Bonchev–Trinajstić information content (AvgIpc) is 2.87. The van der Waals surface area contributed by atoms with E-state index in [-0.39, 0.29) is 46.9 Å². The number of halogens is 3. The fourth-order valence-electron chi connectivity index (χ4n) is 4.35. The summed E-state index contributed by atoms with van der Waals surface area (Å²) in [6.45, 7) is 6.44. The molecule has 3 aromatic rings. The largest absolute Gasteiger partial charge is 0.481 e. The lowest BCUT2D eigenvalue weighted by molar-refractivity contribution is -0.136. The van der Waals surface area contributed by atoms with Crippen molar-refractivity contribution in [2.75, 3.05) is 6.54 Å². The normalized spacial score (nSPS) is 13.5. The van der Waals surface area contributed by atoms with Crippen molar-refractivity contribution in [3.05, 3.63) is 101 Å². The second-order valence-electron chi connectivity index (χ2n) is 10.7. The van der Waals surface area contributed by atoms with Crippen molar-refractivity contribution in [2.24, 2.45) is 0 Å². The molecule has 0 fully saturated rings. The van der Waals surface area contributed by atoms with Gasteiger partial charge in [0, 0.05) is 17.0 Å². The number of aliphatic hydroxyl groups is 1. The number of hydrogen-bond acceptors (Lipinski definition) is 4. The molecule has 0 aromatic heterocycles. The molecule has 2 unspecified atom stereocenters. The van der Waals surface area contributed by atoms with E-state index in [9.17, 15) is 27.9 Å². The molecule has 0 saturated carbocycles. The smallest absolute Gasteiger partial charge is 0.446 e. The standard InChI is InChI=1S/C31H34F3NO4S/c1-30(2,3)25-12-4-20(5-13-25)18-24(19-27(36)22-10-14-26(15-11-22)40-31(32,33)34)21-6-8-23(9-7-21)29(39)35-17-16-28(37)38/h4-15,24,27,36H,16-19H2,1-3H3,(H,35,39)(H,37,38). The van der Waals surface area contributed by atoms with Gasteiger partial charge in [-0.2, -0.15) is 13.2 Å². The molecule has 2 atom stereocenters. The van der Waals surface area contributed by atoms with E-state index in [1.165, 1.54) is 29.8 Å². The number of carbonyl (C=O) groups is 2. The minimum Gasteiger partial charge on any atom is -0.481 e. The lowest BCUT2D eigenvalue weighted by atomic mass is 9.83. The average molecular weight is 574 g/mol. The number of aliphatic hydroxyl groups excluding tert-OH is 1. The highest BCUT2D eigenvalue weighted by atomic mass is 32.2. The summed E-state index contributed by atoms with van der Waals surface area (Å²) in [5, 5.41) is 22.4. The van der Waals surface area contributed by atoms with E-state index in [0.29, 0.717) is 24.0 Å². The molecule has 0 aliphatic rings. The van der Waals surface area contributed by atoms with Gasteiger partial charge in [0.15, 0.2) is 0 Å². The molecule has 0 radical (unpaired) electrons. The van der Waals surface area contributed by atoms with E-state index in [1.807, 2.05) is 12.1 Å². The molecule has 0 bridgehead atoms. The third-order valence-corrected chi connectivity index (χ3v) is 7.32. The van der Waals surface area contributed by atoms with Crippen molar-refractivity contribution < 1.29 is 33.0 Å². The first kappa shape index (κ1) is 31.2. The van der Waals surface area contributed by atoms with Crippen LogP contribution < -0.4 is 5.32 Å². The summed E-state index contributed by atoms with van der Waals surface area (Å²) in [4.78, 5) is 23.1. The third kappa shape index (κ3) is 9.71. The number of rotatable bonds is 11. The number of carboxylic acid groups (broad SMARTS) is 1. The molecule has 214 valence electrons. The van der Waals surface area contributed by atoms with Gasteiger partial charge in [-0.3, -0.25) is 9.59 Å². The quantitative estimate of drug-likeness (QED) is 0.210. The van der Waals surface area contributed by atoms with Gasteiger partial charge < -0.3 is 15.5 Å². The Labute approximate surface area is 236 Å². The zero-order valence-corrected chi connectivity index (χ0v) is 23.5. The first-order valence-electron chi connectivity index (χ1n) is 12.9. The first-order valence-corrected chi connectivity index (χ1v) is 13.8. The monoisotopic (exact) mass is 573 g/mol. The zero-order valence-electron chi connectivity index (χ0n) is 22.7. The maximum absolute atomic E-state index is 12.7. The maximum atomic E-state index is 12.7. The van der Waals surface area contributed by atoms with E-state index >= 15 is 0 Å². The Hall–Kier alpha value is -3.30. The van der Waals surface area contributed by atoms with Gasteiger partial charge in [0.1, 0.15) is 0 Å². The number of nitrogens with one attached hydrogen (secondary N) is 1. The maximum Gasteiger partial charge on any atom is 0.446 e. The van der Waals surface area contributed by atoms with Crippen LogP contribution in [0, 0.1) is 0 Å². The lowest BCUT2D eigenvalue weighted by Crippen LogP contribution is -2.26. The molecule has 0 aliphatic heterocycles. The summed E-state index contributed by atoms with van der Waals surface area (Å²) < 4.78 is 38.1. The van der Waals surface area contributed by atoms with Gasteiger partial charge in [-0.05, 0) is 82.5 Å². The van der Waals surface area contributed by atoms with E-state index < -0.39 is 17.6 Å². The summed E-state index contributed by atoms with van der Waals surface area (Å²) in [7, 11) is 0. The Morgan fingerprint density at radius 3 is 1.98 bits per heavy atom. The summed E-state index contributed by atoms with van der Waals surface area (Å²) in [6, 6.07) is 21.0. The Morgan fingerprint density at radius 2 is 1.45 bits per heavy atom. The lowest BCUT2D eigenvalue weighted by Gasteiger charge is -2.23. The van der Waals surface area contributed by atoms with Crippen molar-refractivity contribution in [3.63, 3.8) is 0 Å². The van der Waals surface area contributed by atoms with Gasteiger partial charge in [-0.25, -0.2) is 0 Å². The van der Waals surface area contributed by atoms with E-state index in [2.05, 4.69) is 50.4 Å². The second kappa shape index (κ2) is 13.4. The van der Waals surface area contributed by atoms with Gasteiger partial charge >= 0.3 is 11.5 Å². The Kier molecular flexibility index (Phi) is 10.4. The topological polar surface area (TPSA) is 86.6 Å². The highest BCUT2D eigenvalue weighted by Gasteiger charge is 2.29. The summed E-state index contributed by atoms with van der Waals surface area (Å²) >= 11 is -0.197. The predicted molar refractivity (Wildman–Crippen MR) is 151 cm³/mol. The molecule has 0 heterocycles. The predicted octanol–water partition coefficient (Wildman–Crippen LogP) is 7.25. The molecule has 40 heavy (non-hydrogen) atoms. The van der Waals surface area contributed by atoms with E-state index in [0.717, 1.165) is 11.1 Å². The van der Waals surface area contributed by atoms with Crippen LogP contribution in [0.2, 0.25) is 0 Å². The Morgan fingerprint density at radius 1 is 0.875 bits per heavy atom. The Bertz CT molecular complexity index is 1270. The molecule has 0 spiro atoms. The number of hydrogen-bond donors (Lipinski definition) is 3. The van der Waals surface area contributed by atoms with Crippen LogP contribution in [0.5, 0.6) is 0 Å². The Balaban J connectivity index is 1.80. The second-order valence-corrected chi connectivity index (χ2v) is 11.9.